The summed E-state index contributed by atoms with van der Waals surface area (Å²) in [5.41, 5.74) is 2.82. The van der Waals surface area contributed by atoms with E-state index >= 15 is 0 Å². The smallest absolute Gasteiger partial charge is 0.119 e. The van der Waals surface area contributed by atoms with Gasteiger partial charge in [0.05, 0.1) is 6.61 Å². The van der Waals surface area contributed by atoms with Gasteiger partial charge in [-0.1, -0.05) is 39.0 Å². The highest BCUT2D eigenvalue weighted by Crippen LogP contribution is 2.29. The summed E-state index contributed by atoms with van der Waals surface area (Å²) in [6.07, 6.45) is 9.08. The molecule has 1 aromatic carbocycles. The van der Waals surface area contributed by atoms with Crippen molar-refractivity contribution in [3.8, 4) is 5.75 Å². The van der Waals surface area contributed by atoms with Crippen LogP contribution in [0.5, 0.6) is 5.75 Å². The summed E-state index contributed by atoms with van der Waals surface area (Å²) in [4.78, 5) is 0. The van der Waals surface area contributed by atoms with Crippen LogP contribution < -0.4 is 4.74 Å². The molecular formula is C18H28O. The average molecular weight is 260 g/mol. The molecule has 0 bridgehead atoms. The maximum Gasteiger partial charge on any atom is 0.119 e. The van der Waals surface area contributed by atoms with E-state index in [1.54, 1.807) is 0 Å². The molecule has 0 saturated carbocycles. The number of hydrogen-bond donors (Lipinski definition) is 0. The number of hydrogen-bond acceptors (Lipinski definition) is 1. The zero-order valence-corrected chi connectivity index (χ0v) is 12.9. The normalized spacial score (nSPS) is 12.8. The zero-order chi connectivity index (χ0) is 14.1. The number of rotatable bonds is 8. The highest BCUT2D eigenvalue weighted by Gasteiger charge is 2.11. The first kappa shape index (κ1) is 15.8. The van der Waals surface area contributed by atoms with Crippen LogP contribution in [-0.2, 0) is 0 Å². The molecule has 0 amide bonds. The number of allylic oxidation sites excluding steroid dienone is 2. The van der Waals surface area contributed by atoms with Crippen LogP contribution >= 0.6 is 0 Å². The molecule has 0 aliphatic rings. The minimum Gasteiger partial charge on any atom is -0.494 e. The first-order chi connectivity index (χ1) is 9.22. The first-order valence-corrected chi connectivity index (χ1v) is 7.61. The van der Waals surface area contributed by atoms with E-state index in [4.69, 9.17) is 4.74 Å². The van der Waals surface area contributed by atoms with E-state index in [2.05, 4.69) is 58.0 Å². The van der Waals surface area contributed by atoms with E-state index in [0.29, 0.717) is 5.92 Å². The van der Waals surface area contributed by atoms with E-state index < -0.39 is 0 Å². The molecule has 0 saturated heterocycles. The molecule has 1 rings (SSSR count). The monoisotopic (exact) mass is 260 g/mol. The summed E-state index contributed by atoms with van der Waals surface area (Å²) in [6.45, 7) is 9.58. The van der Waals surface area contributed by atoms with Crippen LogP contribution in [0.1, 0.15) is 63.5 Å². The lowest BCUT2D eigenvalue weighted by atomic mass is 9.89. The molecule has 0 fully saturated rings. The van der Waals surface area contributed by atoms with E-state index in [1.165, 1.54) is 17.5 Å². The lowest BCUT2D eigenvalue weighted by Crippen LogP contribution is -2.01. The maximum atomic E-state index is 5.69. The van der Waals surface area contributed by atoms with Gasteiger partial charge >= 0.3 is 0 Å². The predicted molar refractivity (Wildman–Crippen MR) is 84.0 cm³/mol. The summed E-state index contributed by atoms with van der Waals surface area (Å²) >= 11 is 0. The Morgan fingerprint density at radius 1 is 1.16 bits per heavy atom. The minimum absolute atomic E-state index is 0.628. The second-order valence-corrected chi connectivity index (χ2v) is 5.09. The van der Waals surface area contributed by atoms with Gasteiger partial charge in [0.25, 0.3) is 0 Å². The van der Waals surface area contributed by atoms with Gasteiger partial charge in [-0.15, -0.1) is 0 Å². The molecule has 1 atom stereocenters. The van der Waals surface area contributed by atoms with Gasteiger partial charge in [0.15, 0.2) is 0 Å². The zero-order valence-electron chi connectivity index (χ0n) is 12.9. The van der Waals surface area contributed by atoms with Crippen molar-refractivity contribution in [2.75, 3.05) is 6.61 Å². The molecule has 0 aliphatic heterocycles. The number of benzene rings is 1. The van der Waals surface area contributed by atoms with Gasteiger partial charge < -0.3 is 4.74 Å². The molecular weight excluding hydrogens is 232 g/mol. The molecule has 1 aromatic rings. The standard InChI is InChI=1S/C18H28O/c1-5-8-9-10-16(7-3)18-12-11-17(14-15(18)4)19-13-6-2/h8-9,11-12,14,16H,5-7,10,13H2,1-4H3/b9-8-. The molecule has 0 N–H and O–H groups in total. The maximum absolute atomic E-state index is 5.69. The molecule has 1 unspecified atom stereocenters. The third-order valence-electron chi connectivity index (χ3n) is 3.47. The van der Waals surface area contributed by atoms with Gasteiger partial charge in [-0.2, -0.15) is 0 Å². The van der Waals surface area contributed by atoms with Crippen LogP contribution in [0.15, 0.2) is 30.4 Å². The largest absolute Gasteiger partial charge is 0.494 e. The van der Waals surface area contributed by atoms with Crippen molar-refractivity contribution in [2.45, 2.75) is 59.3 Å². The fraction of sp³-hybridized carbons (Fsp3) is 0.556. The Morgan fingerprint density at radius 3 is 2.53 bits per heavy atom. The third-order valence-corrected chi connectivity index (χ3v) is 3.47. The molecule has 0 spiro atoms. The van der Waals surface area contributed by atoms with Gasteiger partial charge in [0.2, 0.25) is 0 Å². The lowest BCUT2D eigenvalue weighted by molar-refractivity contribution is 0.317. The quantitative estimate of drug-likeness (QED) is 0.550. The second kappa shape index (κ2) is 8.79. The van der Waals surface area contributed by atoms with Crippen molar-refractivity contribution in [3.05, 3.63) is 41.5 Å². The number of ether oxygens (including phenoxy) is 1. The second-order valence-electron chi connectivity index (χ2n) is 5.09. The Kier molecular flexibility index (Phi) is 7.32. The van der Waals surface area contributed by atoms with Crippen molar-refractivity contribution in [2.24, 2.45) is 0 Å². The fourth-order valence-corrected chi connectivity index (χ4v) is 2.36. The van der Waals surface area contributed by atoms with Crippen LogP contribution in [0.3, 0.4) is 0 Å². The number of aryl methyl sites for hydroxylation is 1. The Labute approximate surface area is 118 Å². The topological polar surface area (TPSA) is 9.23 Å². The SMILES string of the molecule is CC/C=C\CC(CC)c1ccc(OCCC)cc1C. The van der Waals surface area contributed by atoms with Gasteiger partial charge in [-0.25, -0.2) is 0 Å². The average Bonchev–Trinajstić information content (AvgIpc) is 2.42. The molecule has 19 heavy (non-hydrogen) atoms. The Morgan fingerprint density at radius 2 is 1.95 bits per heavy atom. The van der Waals surface area contributed by atoms with Crippen molar-refractivity contribution in [1.29, 1.82) is 0 Å². The van der Waals surface area contributed by atoms with Crippen LogP contribution in [0.4, 0.5) is 0 Å². The van der Waals surface area contributed by atoms with Gasteiger partial charge in [0.1, 0.15) is 5.75 Å². The van der Waals surface area contributed by atoms with Crippen molar-refractivity contribution >= 4 is 0 Å². The lowest BCUT2D eigenvalue weighted by Gasteiger charge is -2.17. The summed E-state index contributed by atoms with van der Waals surface area (Å²) in [7, 11) is 0. The van der Waals surface area contributed by atoms with E-state index in [0.717, 1.165) is 31.6 Å². The minimum atomic E-state index is 0.628. The molecule has 0 aliphatic carbocycles. The summed E-state index contributed by atoms with van der Waals surface area (Å²) < 4.78 is 5.69. The fourth-order valence-electron chi connectivity index (χ4n) is 2.36. The predicted octanol–water partition coefficient (Wildman–Crippen LogP) is 5.63. The first-order valence-electron chi connectivity index (χ1n) is 7.61. The van der Waals surface area contributed by atoms with Crippen LogP contribution in [0.2, 0.25) is 0 Å². The molecule has 1 heteroatoms. The summed E-state index contributed by atoms with van der Waals surface area (Å²) in [5.74, 6) is 1.63. The highest BCUT2D eigenvalue weighted by atomic mass is 16.5. The van der Waals surface area contributed by atoms with Crippen molar-refractivity contribution in [3.63, 3.8) is 0 Å². The Bertz CT molecular complexity index is 393. The Balaban J connectivity index is 2.77. The van der Waals surface area contributed by atoms with Gasteiger partial charge in [-0.3, -0.25) is 0 Å². The van der Waals surface area contributed by atoms with Crippen LogP contribution in [0, 0.1) is 6.92 Å². The van der Waals surface area contributed by atoms with Gasteiger partial charge in [-0.05, 0) is 61.8 Å². The molecule has 0 heterocycles. The summed E-state index contributed by atoms with van der Waals surface area (Å²) in [6, 6.07) is 6.54. The third kappa shape index (κ3) is 5.10. The molecule has 0 radical (unpaired) electrons. The summed E-state index contributed by atoms with van der Waals surface area (Å²) in [5, 5.41) is 0. The molecule has 106 valence electrons. The van der Waals surface area contributed by atoms with Gasteiger partial charge in [0, 0.05) is 0 Å². The van der Waals surface area contributed by atoms with Crippen molar-refractivity contribution < 1.29 is 4.74 Å². The Hall–Kier alpha value is -1.24. The molecule has 1 nitrogen and oxygen atoms in total. The molecule has 0 aromatic heterocycles. The highest BCUT2D eigenvalue weighted by molar-refractivity contribution is 5.37. The van der Waals surface area contributed by atoms with Crippen molar-refractivity contribution in [1.82, 2.24) is 0 Å². The van der Waals surface area contributed by atoms with E-state index in [1.807, 2.05) is 0 Å². The van der Waals surface area contributed by atoms with E-state index in [-0.39, 0.29) is 0 Å². The van der Waals surface area contributed by atoms with Crippen LogP contribution in [-0.4, -0.2) is 6.61 Å². The van der Waals surface area contributed by atoms with E-state index in [9.17, 15) is 0 Å². The van der Waals surface area contributed by atoms with Crippen LogP contribution in [0.25, 0.3) is 0 Å².